The molecule has 0 aromatic heterocycles. The van der Waals surface area contributed by atoms with Crippen LogP contribution < -0.4 is 14.8 Å². The maximum atomic E-state index is 6.25. The van der Waals surface area contributed by atoms with E-state index in [4.69, 9.17) is 9.47 Å². The molecule has 1 N–H and O–H groups in total. The molecule has 1 aliphatic rings. The molecule has 0 saturated heterocycles. The minimum Gasteiger partial charge on any atom is -0.497 e. The molecular weight excluding hydrogens is 274 g/mol. The Hall–Kier alpha value is -1.22. The Balaban J connectivity index is 2.10. The van der Waals surface area contributed by atoms with Crippen LogP contribution in [0.25, 0.3) is 0 Å². The molecule has 0 amide bonds. The molecule has 22 heavy (non-hydrogen) atoms. The van der Waals surface area contributed by atoms with Crippen molar-refractivity contribution in [1.82, 2.24) is 5.32 Å². The molecule has 2 unspecified atom stereocenters. The van der Waals surface area contributed by atoms with Crippen LogP contribution in [0.2, 0.25) is 0 Å². The molecule has 2 rings (SSSR count). The van der Waals surface area contributed by atoms with Crippen LogP contribution in [-0.2, 0) is 0 Å². The molecule has 2 atom stereocenters. The van der Waals surface area contributed by atoms with Crippen LogP contribution in [-0.4, -0.2) is 19.3 Å². The number of hydrogen-bond donors (Lipinski definition) is 1. The summed E-state index contributed by atoms with van der Waals surface area (Å²) in [7, 11) is 1.72. The van der Waals surface area contributed by atoms with E-state index >= 15 is 0 Å². The second-order valence-corrected chi connectivity index (χ2v) is 6.58. The molecule has 0 bridgehead atoms. The Morgan fingerprint density at radius 1 is 1.27 bits per heavy atom. The SMILES string of the molecule is CCCCCCNC1CC(C)(CC)Oc2ccc(OC)cc21. The molecule has 0 spiro atoms. The van der Waals surface area contributed by atoms with Crippen molar-refractivity contribution in [3.8, 4) is 11.5 Å². The minimum absolute atomic E-state index is 0.0807. The van der Waals surface area contributed by atoms with Crippen molar-refractivity contribution in [2.75, 3.05) is 13.7 Å². The van der Waals surface area contributed by atoms with Gasteiger partial charge in [0.2, 0.25) is 0 Å². The first kappa shape index (κ1) is 17.1. The van der Waals surface area contributed by atoms with Gasteiger partial charge in [0, 0.05) is 18.0 Å². The molecule has 0 saturated carbocycles. The van der Waals surface area contributed by atoms with Crippen LogP contribution in [0.5, 0.6) is 11.5 Å². The van der Waals surface area contributed by atoms with E-state index in [-0.39, 0.29) is 5.60 Å². The van der Waals surface area contributed by atoms with Crippen molar-refractivity contribution < 1.29 is 9.47 Å². The van der Waals surface area contributed by atoms with Crippen molar-refractivity contribution in [3.05, 3.63) is 23.8 Å². The van der Waals surface area contributed by atoms with Gasteiger partial charge in [0.25, 0.3) is 0 Å². The van der Waals surface area contributed by atoms with Crippen LogP contribution in [0.15, 0.2) is 18.2 Å². The molecule has 3 nitrogen and oxygen atoms in total. The average Bonchev–Trinajstić information content (AvgIpc) is 2.54. The van der Waals surface area contributed by atoms with E-state index in [0.717, 1.165) is 30.9 Å². The van der Waals surface area contributed by atoms with Gasteiger partial charge in [0.15, 0.2) is 0 Å². The summed E-state index contributed by atoms with van der Waals surface area (Å²) in [5, 5.41) is 3.74. The van der Waals surface area contributed by atoms with Crippen molar-refractivity contribution in [2.24, 2.45) is 0 Å². The van der Waals surface area contributed by atoms with E-state index in [2.05, 4.69) is 32.2 Å². The van der Waals surface area contributed by atoms with E-state index in [1.54, 1.807) is 7.11 Å². The van der Waals surface area contributed by atoms with Gasteiger partial charge in [-0.1, -0.05) is 33.1 Å². The molecule has 124 valence electrons. The van der Waals surface area contributed by atoms with Gasteiger partial charge in [-0.3, -0.25) is 0 Å². The fourth-order valence-corrected chi connectivity index (χ4v) is 3.09. The van der Waals surface area contributed by atoms with Gasteiger partial charge in [-0.15, -0.1) is 0 Å². The molecule has 1 aromatic carbocycles. The summed E-state index contributed by atoms with van der Waals surface area (Å²) >= 11 is 0. The van der Waals surface area contributed by atoms with Gasteiger partial charge < -0.3 is 14.8 Å². The number of benzene rings is 1. The standard InChI is InChI=1S/C19H31NO2/c1-5-7-8-9-12-20-17-14-19(3,6-2)22-18-11-10-15(21-4)13-16(17)18/h10-11,13,17,20H,5-9,12,14H2,1-4H3. The third kappa shape index (κ3) is 4.16. The second kappa shape index (κ2) is 7.87. The summed E-state index contributed by atoms with van der Waals surface area (Å²) in [6.07, 6.45) is 7.19. The summed E-state index contributed by atoms with van der Waals surface area (Å²) in [5.74, 6) is 1.91. The number of hydrogen-bond acceptors (Lipinski definition) is 3. The summed E-state index contributed by atoms with van der Waals surface area (Å²) in [5.41, 5.74) is 1.16. The summed E-state index contributed by atoms with van der Waals surface area (Å²) < 4.78 is 11.6. The van der Waals surface area contributed by atoms with Gasteiger partial charge in [-0.25, -0.2) is 0 Å². The van der Waals surface area contributed by atoms with Crippen LogP contribution in [0.3, 0.4) is 0 Å². The Bertz CT molecular complexity index is 475. The third-order valence-electron chi connectivity index (χ3n) is 4.75. The molecule has 0 fully saturated rings. The first-order valence-corrected chi connectivity index (χ1v) is 8.72. The first-order chi connectivity index (χ1) is 10.6. The highest BCUT2D eigenvalue weighted by molar-refractivity contribution is 5.44. The fraction of sp³-hybridized carbons (Fsp3) is 0.684. The Kier molecular flexibility index (Phi) is 6.13. The molecule has 0 radical (unpaired) electrons. The number of rotatable bonds is 8. The van der Waals surface area contributed by atoms with Crippen molar-refractivity contribution in [2.45, 2.75) is 70.9 Å². The highest BCUT2D eigenvalue weighted by Crippen LogP contribution is 2.42. The third-order valence-corrected chi connectivity index (χ3v) is 4.75. The molecular formula is C19H31NO2. The van der Waals surface area contributed by atoms with Gasteiger partial charge in [0.1, 0.15) is 17.1 Å². The lowest BCUT2D eigenvalue weighted by molar-refractivity contribution is 0.0441. The number of nitrogens with one attached hydrogen (secondary N) is 1. The molecule has 3 heteroatoms. The number of fused-ring (bicyclic) bond motifs is 1. The van der Waals surface area contributed by atoms with Gasteiger partial charge in [0.05, 0.1) is 7.11 Å². The molecule has 0 aliphatic carbocycles. The van der Waals surface area contributed by atoms with Crippen molar-refractivity contribution >= 4 is 0 Å². The average molecular weight is 305 g/mol. The van der Waals surface area contributed by atoms with Gasteiger partial charge in [-0.05, 0) is 44.5 Å². The molecule has 1 aliphatic heterocycles. The lowest BCUT2D eigenvalue weighted by Crippen LogP contribution is -2.41. The summed E-state index contributed by atoms with van der Waals surface area (Å²) in [6, 6.07) is 6.50. The zero-order valence-electron chi connectivity index (χ0n) is 14.6. The Labute approximate surface area is 135 Å². The smallest absolute Gasteiger partial charge is 0.125 e. The van der Waals surface area contributed by atoms with Gasteiger partial charge in [-0.2, -0.15) is 0 Å². The minimum atomic E-state index is -0.0807. The second-order valence-electron chi connectivity index (χ2n) is 6.58. The molecule has 1 aromatic rings. The first-order valence-electron chi connectivity index (χ1n) is 8.72. The van der Waals surface area contributed by atoms with Crippen molar-refractivity contribution in [1.29, 1.82) is 0 Å². The van der Waals surface area contributed by atoms with E-state index in [9.17, 15) is 0 Å². The van der Waals surface area contributed by atoms with E-state index in [1.165, 1.54) is 31.2 Å². The number of methoxy groups -OCH3 is 1. The normalized spacial score (nSPS) is 23.7. The monoisotopic (exact) mass is 305 g/mol. The summed E-state index contributed by atoms with van der Waals surface area (Å²) in [4.78, 5) is 0. The number of unbranched alkanes of at least 4 members (excludes halogenated alkanes) is 3. The largest absolute Gasteiger partial charge is 0.497 e. The maximum absolute atomic E-state index is 6.25. The lowest BCUT2D eigenvalue weighted by Gasteiger charge is -2.40. The number of ether oxygens (including phenoxy) is 2. The highest BCUT2D eigenvalue weighted by atomic mass is 16.5. The highest BCUT2D eigenvalue weighted by Gasteiger charge is 2.35. The van der Waals surface area contributed by atoms with E-state index < -0.39 is 0 Å². The fourth-order valence-electron chi connectivity index (χ4n) is 3.09. The topological polar surface area (TPSA) is 30.5 Å². The molecule has 1 heterocycles. The Morgan fingerprint density at radius 2 is 2.09 bits per heavy atom. The van der Waals surface area contributed by atoms with Crippen LogP contribution >= 0.6 is 0 Å². The van der Waals surface area contributed by atoms with E-state index in [1.807, 2.05) is 12.1 Å². The predicted molar refractivity (Wildman–Crippen MR) is 91.8 cm³/mol. The zero-order chi connectivity index (χ0) is 16.0. The van der Waals surface area contributed by atoms with E-state index in [0.29, 0.717) is 6.04 Å². The van der Waals surface area contributed by atoms with Gasteiger partial charge >= 0.3 is 0 Å². The predicted octanol–water partition coefficient (Wildman–Crippen LogP) is 4.86. The van der Waals surface area contributed by atoms with Crippen LogP contribution in [0, 0.1) is 0 Å². The maximum Gasteiger partial charge on any atom is 0.125 e. The summed E-state index contributed by atoms with van der Waals surface area (Å²) in [6.45, 7) is 7.74. The quantitative estimate of drug-likeness (QED) is 0.696. The lowest BCUT2D eigenvalue weighted by atomic mass is 9.86. The van der Waals surface area contributed by atoms with Crippen LogP contribution in [0.1, 0.15) is 70.9 Å². The zero-order valence-corrected chi connectivity index (χ0v) is 14.6. The Morgan fingerprint density at radius 3 is 2.77 bits per heavy atom. The van der Waals surface area contributed by atoms with Crippen LogP contribution in [0.4, 0.5) is 0 Å². The van der Waals surface area contributed by atoms with Crippen molar-refractivity contribution in [3.63, 3.8) is 0 Å².